The highest BCUT2D eigenvalue weighted by atomic mass is 16.5. The summed E-state index contributed by atoms with van der Waals surface area (Å²) in [6.45, 7) is 2.98. The Bertz CT molecular complexity index is 469. The van der Waals surface area contributed by atoms with E-state index in [1.165, 1.54) is 0 Å². The lowest BCUT2D eigenvalue weighted by molar-refractivity contribution is 0.128. The van der Waals surface area contributed by atoms with Crippen LogP contribution in [0.3, 0.4) is 0 Å². The van der Waals surface area contributed by atoms with E-state index in [-0.39, 0.29) is 0 Å². The van der Waals surface area contributed by atoms with Crippen LogP contribution in [0, 0.1) is 0 Å². The van der Waals surface area contributed by atoms with Crippen molar-refractivity contribution in [1.82, 2.24) is 9.97 Å². The molecule has 0 atom stereocenters. The number of aromatic nitrogens is 2. The third-order valence-electron chi connectivity index (χ3n) is 2.24. The Morgan fingerprint density at radius 3 is 2.94 bits per heavy atom. The van der Waals surface area contributed by atoms with Crippen molar-refractivity contribution in [2.24, 2.45) is 0 Å². The first-order chi connectivity index (χ1) is 8.33. The average molecular weight is 233 g/mol. The molecule has 5 nitrogen and oxygen atoms in total. The topological polar surface area (TPSA) is 60.2 Å². The van der Waals surface area contributed by atoms with Crippen LogP contribution >= 0.6 is 0 Å². The van der Waals surface area contributed by atoms with Crippen LogP contribution < -0.4 is 5.32 Å². The predicted octanol–water partition coefficient (Wildman–Crippen LogP) is 2.31. The zero-order chi connectivity index (χ0) is 12.1. The van der Waals surface area contributed by atoms with Crippen molar-refractivity contribution in [2.75, 3.05) is 19.0 Å². The third-order valence-corrected chi connectivity index (χ3v) is 2.24. The van der Waals surface area contributed by atoms with Crippen LogP contribution in [0.15, 0.2) is 28.9 Å². The van der Waals surface area contributed by atoms with E-state index in [0.29, 0.717) is 19.0 Å². The normalized spacial score (nSPS) is 10.5. The van der Waals surface area contributed by atoms with Crippen LogP contribution in [0.1, 0.15) is 12.7 Å². The highest BCUT2D eigenvalue weighted by Crippen LogP contribution is 2.20. The Balaban J connectivity index is 2.32. The lowest BCUT2D eigenvalue weighted by atomic mass is 10.3. The third kappa shape index (κ3) is 2.82. The van der Waals surface area contributed by atoms with E-state index in [2.05, 4.69) is 15.3 Å². The molecule has 0 aliphatic heterocycles. The molecule has 0 saturated carbocycles. The Labute approximate surface area is 99.8 Å². The Morgan fingerprint density at radius 2 is 2.29 bits per heavy atom. The van der Waals surface area contributed by atoms with Crippen LogP contribution in [-0.4, -0.2) is 23.6 Å². The molecule has 5 heteroatoms. The van der Waals surface area contributed by atoms with Crippen molar-refractivity contribution in [2.45, 2.75) is 13.5 Å². The van der Waals surface area contributed by atoms with Gasteiger partial charge in [-0.1, -0.05) is 0 Å². The maximum Gasteiger partial charge on any atom is 0.157 e. The van der Waals surface area contributed by atoms with Gasteiger partial charge in [-0.05, 0) is 19.1 Å². The number of anilines is 1. The smallest absolute Gasteiger partial charge is 0.157 e. The van der Waals surface area contributed by atoms with Gasteiger partial charge in [-0.15, -0.1) is 0 Å². The maximum atomic E-state index is 5.32. The van der Waals surface area contributed by atoms with Gasteiger partial charge in [0, 0.05) is 19.7 Å². The molecule has 1 N–H and O–H groups in total. The first-order valence-corrected chi connectivity index (χ1v) is 5.50. The van der Waals surface area contributed by atoms with Gasteiger partial charge >= 0.3 is 0 Å². The van der Waals surface area contributed by atoms with E-state index < -0.39 is 0 Å². The zero-order valence-corrected chi connectivity index (χ0v) is 9.93. The molecule has 0 fully saturated rings. The SMILES string of the molecule is CCOCc1nc(NC)cc(-c2ccco2)n1. The molecule has 90 valence electrons. The van der Waals surface area contributed by atoms with Gasteiger partial charge in [-0.25, -0.2) is 9.97 Å². The first kappa shape index (κ1) is 11.6. The van der Waals surface area contributed by atoms with E-state index in [1.807, 2.05) is 32.2 Å². The van der Waals surface area contributed by atoms with E-state index in [9.17, 15) is 0 Å². The summed E-state index contributed by atoms with van der Waals surface area (Å²) >= 11 is 0. The molecule has 17 heavy (non-hydrogen) atoms. The van der Waals surface area contributed by atoms with Crippen LogP contribution in [0.25, 0.3) is 11.5 Å². The van der Waals surface area contributed by atoms with Crippen molar-refractivity contribution < 1.29 is 9.15 Å². The standard InChI is InChI=1S/C12H15N3O2/c1-3-16-8-12-14-9(7-11(13-2)15-12)10-5-4-6-17-10/h4-7H,3,8H2,1-2H3,(H,13,14,15). The molecule has 2 heterocycles. The number of ether oxygens (including phenoxy) is 1. The lowest BCUT2D eigenvalue weighted by Gasteiger charge is -2.06. The monoisotopic (exact) mass is 233 g/mol. The predicted molar refractivity (Wildman–Crippen MR) is 64.6 cm³/mol. The fraction of sp³-hybridized carbons (Fsp3) is 0.333. The van der Waals surface area contributed by atoms with E-state index in [1.54, 1.807) is 6.26 Å². The molecule has 0 aromatic carbocycles. The molecule has 0 aliphatic rings. The summed E-state index contributed by atoms with van der Waals surface area (Å²) < 4.78 is 10.6. The molecule has 2 aromatic heterocycles. The second-order valence-corrected chi connectivity index (χ2v) is 3.42. The molecule has 0 amide bonds. The lowest BCUT2D eigenvalue weighted by Crippen LogP contribution is -2.03. The first-order valence-electron chi connectivity index (χ1n) is 5.50. The van der Waals surface area contributed by atoms with Crippen LogP contribution in [0.4, 0.5) is 5.82 Å². The molecular weight excluding hydrogens is 218 g/mol. The molecule has 0 bridgehead atoms. The summed E-state index contributed by atoms with van der Waals surface area (Å²) in [7, 11) is 1.82. The van der Waals surface area contributed by atoms with E-state index in [0.717, 1.165) is 17.3 Å². The average Bonchev–Trinajstić information content (AvgIpc) is 2.89. The number of hydrogen-bond donors (Lipinski definition) is 1. The highest BCUT2D eigenvalue weighted by Gasteiger charge is 2.07. The van der Waals surface area contributed by atoms with Crippen molar-refractivity contribution in [3.63, 3.8) is 0 Å². The fourth-order valence-electron chi connectivity index (χ4n) is 1.43. The Kier molecular flexibility index (Phi) is 3.72. The molecule has 2 rings (SSSR count). The van der Waals surface area contributed by atoms with Crippen molar-refractivity contribution in [3.05, 3.63) is 30.3 Å². The minimum absolute atomic E-state index is 0.403. The molecule has 0 spiro atoms. The van der Waals surface area contributed by atoms with Crippen molar-refractivity contribution in [1.29, 1.82) is 0 Å². The molecule has 0 radical (unpaired) electrons. The van der Waals surface area contributed by atoms with Gasteiger partial charge in [-0.2, -0.15) is 0 Å². The maximum absolute atomic E-state index is 5.32. The van der Waals surface area contributed by atoms with Gasteiger partial charge in [0.05, 0.1) is 6.26 Å². The van der Waals surface area contributed by atoms with Crippen molar-refractivity contribution in [3.8, 4) is 11.5 Å². The molecule has 2 aromatic rings. The summed E-state index contributed by atoms with van der Waals surface area (Å²) in [6.07, 6.45) is 1.62. The van der Waals surface area contributed by atoms with Gasteiger partial charge in [0.1, 0.15) is 18.1 Å². The van der Waals surface area contributed by atoms with Crippen LogP contribution in [0.5, 0.6) is 0 Å². The minimum Gasteiger partial charge on any atom is -0.463 e. The second kappa shape index (κ2) is 5.45. The molecule has 0 aliphatic carbocycles. The van der Waals surface area contributed by atoms with Gasteiger partial charge < -0.3 is 14.5 Å². The summed E-state index contributed by atoms with van der Waals surface area (Å²) in [4.78, 5) is 8.70. The number of hydrogen-bond acceptors (Lipinski definition) is 5. The van der Waals surface area contributed by atoms with Crippen LogP contribution in [-0.2, 0) is 11.3 Å². The molecule has 0 saturated heterocycles. The summed E-state index contributed by atoms with van der Waals surface area (Å²) in [6, 6.07) is 5.54. The van der Waals surface area contributed by atoms with Crippen LogP contribution in [0.2, 0.25) is 0 Å². The largest absolute Gasteiger partial charge is 0.463 e. The van der Waals surface area contributed by atoms with Gasteiger partial charge in [0.15, 0.2) is 11.6 Å². The highest BCUT2D eigenvalue weighted by molar-refractivity contribution is 5.56. The minimum atomic E-state index is 0.403. The van der Waals surface area contributed by atoms with Gasteiger partial charge in [0.25, 0.3) is 0 Å². The Hall–Kier alpha value is -1.88. The number of nitrogens with zero attached hydrogens (tertiary/aromatic N) is 2. The number of furan rings is 1. The number of rotatable bonds is 5. The second-order valence-electron chi connectivity index (χ2n) is 3.42. The molecular formula is C12H15N3O2. The fourth-order valence-corrected chi connectivity index (χ4v) is 1.43. The summed E-state index contributed by atoms with van der Waals surface area (Å²) in [5, 5.41) is 3.00. The number of nitrogens with one attached hydrogen (secondary N) is 1. The molecule has 0 unspecified atom stereocenters. The van der Waals surface area contributed by atoms with Gasteiger partial charge in [-0.3, -0.25) is 0 Å². The quantitative estimate of drug-likeness (QED) is 0.858. The summed E-state index contributed by atoms with van der Waals surface area (Å²) in [5.74, 6) is 2.12. The Morgan fingerprint density at radius 1 is 1.41 bits per heavy atom. The summed E-state index contributed by atoms with van der Waals surface area (Å²) in [5.41, 5.74) is 0.754. The van der Waals surface area contributed by atoms with E-state index >= 15 is 0 Å². The van der Waals surface area contributed by atoms with Crippen molar-refractivity contribution >= 4 is 5.82 Å². The van der Waals surface area contributed by atoms with Gasteiger partial charge in [0.2, 0.25) is 0 Å². The zero-order valence-electron chi connectivity index (χ0n) is 9.93. The van der Waals surface area contributed by atoms with E-state index in [4.69, 9.17) is 9.15 Å².